The fraction of sp³-hybridized carbons (Fsp3) is 0.286. The maximum Gasteiger partial charge on any atom is 0.305 e. The fourth-order valence-corrected chi connectivity index (χ4v) is 0.946. The van der Waals surface area contributed by atoms with Crippen LogP contribution in [0.4, 0.5) is 0 Å². The lowest BCUT2D eigenvalue weighted by Crippen LogP contribution is -1.75. The highest BCUT2D eigenvalue weighted by Gasteiger charge is 1.99. The Labute approximate surface area is 58.3 Å². The number of rotatable bonds is 1. The van der Waals surface area contributed by atoms with Crippen LogP contribution < -0.4 is 0 Å². The van der Waals surface area contributed by atoms with Gasteiger partial charge in [0.25, 0.3) is 0 Å². The third-order valence-electron chi connectivity index (χ3n) is 1.51. The van der Waals surface area contributed by atoms with Crippen LogP contribution in [0, 0.1) is 0 Å². The lowest BCUT2D eigenvalue weighted by molar-refractivity contribution is 0.595. The van der Waals surface area contributed by atoms with Gasteiger partial charge in [0, 0.05) is 12.4 Å². The molecular formula is C7H8N2O. The Morgan fingerprint density at radius 1 is 1.70 bits per heavy atom. The highest BCUT2D eigenvalue weighted by Crippen LogP contribution is 2.04. The summed E-state index contributed by atoms with van der Waals surface area (Å²) < 4.78 is 6.93. The molecule has 2 aromatic rings. The number of aromatic nitrogens is 2. The van der Waals surface area contributed by atoms with Crippen LogP contribution in [0.2, 0.25) is 0 Å². The maximum atomic E-state index is 5.05. The third-order valence-corrected chi connectivity index (χ3v) is 1.51. The van der Waals surface area contributed by atoms with Gasteiger partial charge in [0.1, 0.15) is 6.26 Å². The molecular weight excluding hydrogens is 128 g/mol. The second-order valence-electron chi connectivity index (χ2n) is 2.18. The standard InChI is InChI=1S/C7H8N2O/c1-2-6-5-9-3-4-10-7(9)8-6/h3-5H,2H2,1H3. The molecule has 0 N–H and O–H groups in total. The van der Waals surface area contributed by atoms with Gasteiger partial charge in [-0.05, 0) is 6.42 Å². The molecule has 0 saturated carbocycles. The van der Waals surface area contributed by atoms with E-state index in [0.717, 1.165) is 12.1 Å². The van der Waals surface area contributed by atoms with E-state index < -0.39 is 0 Å². The maximum absolute atomic E-state index is 5.05. The van der Waals surface area contributed by atoms with Crippen molar-refractivity contribution in [3.05, 3.63) is 24.4 Å². The van der Waals surface area contributed by atoms with Crippen molar-refractivity contribution in [3.8, 4) is 0 Å². The predicted molar refractivity (Wildman–Crippen MR) is 36.8 cm³/mol. The molecule has 2 rings (SSSR count). The van der Waals surface area contributed by atoms with Crippen LogP contribution in [-0.4, -0.2) is 9.38 Å². The van der Waals surface area contributed by atoms with Gasteiger partial charge >= 0.3 is 5.84 Å². The normalized spacial score (nSPS) is 10.9. The summed E-state index contributed by atoms with van der Waals surface area (Å²) in [5.74, 6) is 0.678. The zero-order chi connectivity index (χ0) is 6.97. The molecule has 3 heteroatoms. The number of fused-ring (bicyclic) bond motifs is 1. The van der Waals surface area contributed by atoms with Crippen molar-refractivity contribution in [2.45, 2.75) is 13.3 Å². The zero-order valence-electron chi connectivity index (χ0n) is 5.74. The highest BCUT2D eigenvalue weighted by molar-refractivity contribution is 5.25. The molecule has 2 aromatic heterocycles. The zero-order valence-corrected chi connectivity index (χ0v) is 5.74. The Morgan fingerprint density at radius 3 is 3.30 bits per heavy atom. The van der Waals surface area contributed by atoms with Crippen LogP contribution in [-0.2, 0) is 6.42 Å². The topological polar surface area (TPSA) is 30.4 Å². The molecule has 0 saturated heterocycles. The first-order valence-electron chi connectivity index (χ1n) is 3.31. The summed E-state index contributed by atoms with van der Waals surface area (Å²) in [6.07, 6.45) is 6.40. The Balaban J connectivity index is 2.67. The molecule has 0 aliphatic heterocycles. The van der Waals surface area contributed by atoms with Gasteiger partial charge in [-0.3, -0.25) is 4.40 Å². The van der Waals surface area contributed by atoms with Gasteiger partial charge in [-0.25, -0.2) is 0 Å². The second-order valence-corrected chi connectivity index (χ2v) is 2.18. The third kappa shape index (κ3) is 0.635. The van der Waals surface area contributed by atoms with E-state index in [4.69, 9.17) is 4.42 Å². The molecule has 0 spiro atoms. The number of oxazole rings is 1. The monoisotopic (exact) mass is 136 g/mol. The molecule has 0 aliphatic rings. The van der Waals surface area contributed by atoms with Crippen molar-refractivity contribution in [1.82, 2.24) is 9.38 Å². The van der Waals surface area contributed by atoms with Crippen LogP contribution >= 0.6 is 0 Å². The van der Waals surface area contributed by atoms with Gasteiger partial charge < -0.3 is 4.42 Å². The van der Waals surface area contributed by atoms with Crippen LogP contribution in [0.25, 0.3) is 5.84 Å². The summed E-state index contributed by atoms with van der Waals surface area (Å²) in [5.41, 5.74) is 1.07. The summed E-state index contributed by atoms with van der Waals surface area (Å²) in [7, 11) is 0. The summed E-state index contributed by atoms with van der Waals surface area (Å²) >= 11 is 0. The van der Waals surface area contributed by atoms with E-state index in [1.165, 1.54) is 0 Å². The molecule has 3 nitrogen and oxygen atoms in total. The Morgan fingerprint density at radius 2 is 2.60 bits per heavy atom. The number of hydrogen-bond donors (Lipinski definition) is 0. The van der Waals surface area contributed by atoms with Crippen molar-refractivity contribution < 1.29 is 4.42 Å². The van der Waals surface area contributed by atoms with Crippen LogP contribution in [0.3, 0.4) is 0 Å². The second kappa shape index (κ2) is 1.87. The number of aryl methyl sites for hydroxylation is 1. The van der Waals surface area contributed by atoms with E-state index in [1.54, 1.807) is 6.26 Å². The van der Waals surface area contributed by atoms with Gasteiger partial charge in [-0.2, -0.15) is 4.98 Å². The molecule has 10 heavy (non-hydrogen) atoms. The largest absolute Gasteiger partial charge is 0.432 e. The van der Waals surface area contributed by atoms with Gasteiger partial charge in [0.15, 0.2) is 0 Å². The molecule has 52 valence electrons. The lowest BCUT2D eigenvalue weighted by atomic mass is 10.4. The summed E-state index contributed by atoms with van der Waals surface area (Å²) in [6.45, 7) is 2.07. The molecule has 2 heterocycles. The average molecular weight is 136 g/mol. The Bertz CT molecular complexity index is 305. The van der Waals surface area contributed by atoms with Crippen LogP contribution in [0.1, 0.15) is 12.6 Å². The van der Waals surface area contributed by atoms with Crippen molar-refractivity contribution in [2.75, 3.05) is 0 Å². The van der Waals surface area contributed by atoms with Crippen LogP contribution in [0.5, 0.6) is 0 Å². The molecule has 0 atom stereocenters. The van der Waals surface area contributed by atoms with E-state index in [9.17, 15) is 0 Å². The summed E-state index contributed by atoms with van der Waals surface area (Å²) in [6, 6.07) is 0. The molecule has 0 fully saturated rings. The first kappa shape index (κ1) is 5.53. The summed E-state index contributed by atoms with van der Waals surface area (Å²) in [5, 5.41) is 0. The quantitative estimate of drug-likeness (QED) is 0.594. The first-order chi connectivity index (χ1) is 4.90. The molecule has 0 aliphatic carbocycles. The van der Waals surface area contributed by atoms with Crippen molar-refractivity contribution in [1.29, 1.82) is 0 Å². The number of imidazole rings is 1. The number of hydrogen-bond acceptors (Lipinski definition) is 2. The summed E-state index contributed by atoms with van der Waals surface area (Å²) in [4.78, 5) is 4.19. The minimum absolute atomic E-state index is 0.678. The molecule has 0 bridgehead atoms. The Kier molecular flexibility index (Phi) is 1.03. The molecule has 0 amide bonds. The van der Waals surface area contributed by atoms with Crippen molar-refractivity contribution >= 4 is 5.84 Å². The van der Waals surface area contributed by atoms with E-state index in [-0.39, 0.29) is 0 Å². The minimum atomic E-state index is 0.678. The van der Waals surface area contributed by atoms with Gasteiger partial charge in [0.05, 0.1) is 5.69 Å². The molecule has 0 radical (unpaired) electrons. The van der Waals surface area contributed by atoms with Gasteiger partial charge in [-0.15, -0.1) is 0 Å². The average Bonchev–Trinajstić information content (AvgIpc) is 2.42. The van der Waals surface area contributed by atoms with E-state index in [0.29, 0.717) is 5.84 Å². The number of nitrogens with zero attached hydrogens (tertiary/aromatic N) is 2. The fourth-order valence-electron chi connectivity index (χ4n) is 0.946. The predicted octanol–water partition coefficient (Wildman–Crippen LogP) is 1.49. The Hall–Kier alpha value is -1.25. The van der Waals surface area contributed by atoms with Crippen molar-refractivity contribution in [3.63, 3.8) is 0 Å². The van der Waals surface area contributed by atoms with Gasteiger partial charge in [0.2, 0.25) is 0 Å². The minimum Gasteiger partial charge on any atom is -0.432 e. The van der Waals surface area contributed by atoms with Crippen molar-refractivity contribution in [2.24, 2.45) is 0 Å². The SMILES string of the molecule is CCc1cn2ccoc2n1. The molecule has 0 aromatic carbocycles. The highest BCUT2D eigenvalue weighted by atomic mass is 16.3. The smallest absolute Gasteiger partial charge is 0.305 e. The van der Waals surface area contributed by atoms with Gasteiger partial charge in [-0.1, -0.05) is 6.92 Å². The van der Waals surface area contributed by atoms with Crippen LogP contribution in [0.15, 0.2) is 23.1 Å². The van der Waals surface area contributed by atoms with E-state index >= 15 is 0 Å². The lowest BCUT2D eigenvalue weighted by Gasteiger charge is -1.78. The van der Waals surface area contributed by atoms with E-state index in [2.05, 4.69) is 11.9 Å². The molecule has 0 unspecified atom stereocenters. The first-order valence-corrected chi connectivity index (χ1v) is 3.31. The van der Waals surface area contributed by atoms with E-state index in [1.807, 2.05) is 16.8 Å².